The summed E-state index contributed by atoms with van der Waals surface area (Å²) < 4.78 is 67.0. The minimum atomic E-state index is -5.45. The van der Waals surface area contributed by atoms with Crippen LogP contribution in [0.15, 0.2) is 36.4 Å². The van der Waals surface area contributed by atoms with Gasteiger partial charge in [-0.05, 0) is 79.5 Å². The summed E-state index contributed by atoms with van der Waals surface area (Å²) in [4.78, 5) is 3.95. The van der Waals surface area contributed by atoms with Crippen LogP contribution in [0.5, 0.6) is 5.75 Å². The quantitative estimate of drug-likeness (QED) is 0.597. The molecule has 1 atom stereocenters. The fraction of sp³-hybridized carbons (Fsp3) is 0.500. The molecule has 0 saturated carbocycles. The molecule has 0 aromatic heterocycles. The van der Waals surface area contributed by atoms with E-state index in [4.69, 9.17) is 4.74 Å². The standard InChI is InChI=1S/C24H30F3N3O3S/c1-29(16-19-5-3-7-21-20(19)6-4-8-23(21)33-2)13-11-17-9-10-18-12-14-30(22(18)15-17)28-34(31,32)24(25,26)27/h4,6,8-10,15,19,28H,3,5,7,11-14,16H2,1-2H3/t19-/m0/s1. The molecule has 2 aliphatic rings. The summed E-state index contributed by atoms with van der Waals surface area (Å²) in [6.45, 7) is 1.85. The Balaban J connectivity index is 1.39. The van der Waals surface area contributed by atoms with Gasteiger partial charge in [0.15, 0.2) is 0 Å². The molecule has 0 fully saturated rings. The molecule has 0 unspecified atom stereocenters. The van der Waals surface area contributed by atoms with Gasteiger partial charge >= 0.3 is 15.5 Å². The number of halogens is 3. The third-order valence-corrected chi connectivity index (χ3v) is 7.77. The lowest BCUT2D eigenvalue weighted by molar-refractivity contribution is -0.0448. The maximum absolute atomic E-state index is 12.8. The highest BCUT2D eigenvalue weighted by atomic mass is 32.2. The first-order valence-corrected chi connectivity index (χ1v) is 12.9. The van der Waals surface area contributed by atoms with Crippen molar-refractivity contribution in [2.45, 2.75) is 43.5 Å². The van der Waals surface area contributed by atoms with Gasteiger partial charge in [0.2, 0.25) is 0 Å². The predicted molar refractivity (Wildman–Crippen MR) is 125 cm³/mol. The van der Waals surface area contributed by atoms with Crippen molar-refractivity contribution in [1.82, 2.24) is 9.73 Å². The molecule has 0 bridgehead atoms. The zero-order chi connectivity index (χ0) is 24.5. The van der Waals surface area contributed by atoms with Gasteiger partial charge in [-0.1, -0.05) is 24.3 Å². The molecule has 1 N–H and O–H groups in total. The Bertz CT molecular complexity index is 1140. The molecule has 2 aromatic carbocycles. The SMILES string of the molecule is COc1cccc2c1CCC[C@H]2CN(C)CCc1ccc2c(c1)N(NS(=O)(=O)C(F)(F)F)CC2. The van der Waals surface area contributed by atoms with Gasteiger partial charge in [-0.25, -0.2) is 8.42 Å². The maximum atomic E-state index is 12.8. The zero-order valence-electron chi connectivity index (χ0n) is 19.4. The Morgan fingerprint density at radius 3 is 2.74 bits per heavy atom. The number of ether oxygens (including phenoxy) is 1. The zero-order valence-corrected chi connectivity index (χ0v) is 20.2. The first-order chi connectivity index (χ1) is 16.1. The van der Waals surface area contributed by atoms with E-state index in [-0.39, 0.29) is 6.54 Å². The number of nitrogens with one attached hydrogen (secondary N) is 1. The number of hydrazine groups is 1. The number of rotatable bonds is 8. The molecule has 1 aliphatic carbocycles. The molecule has 1 aliphatic heterocycles. The van der Waals surface area contributed by atoms with Crippen LogP contribution in [0, 0.1) is 0 Å². The Morgan fingerprint density at radius 1 is 1.21 bits per heavy atom. The summed E-state index contributed by atoms with van der Waals surface area (Å²) >= 11 is 0. The van der Waals surface area contributed by atoms with Crippen molar-refractivity contribution in [1.29, 1.82) is 0 Å². The fourth-order valence-electron chi connectivity index (χ4n) is 4.95. The minimum Gasteiger partial charge on any atom is -0.496 e. The molecule has 0 radical (unpaired) electrons. The van der Waals surface area contributed by atoms with Crippen LogP contribution in [0.25, 0.3) is 0 Å². The molecule has 10 heteroatoms. The van der Waals surface area contributed by atoms with Crippen LogP contribution in [0.2, 0.25) is 0 Å². The summed E-state index contributed by atoms with van der Waals surface area (Å²) in [5.74, 6) is 1.38. The number of alkyl halides is 3. The molecule has 34 heavy (non-hydrogen) atoms. The predicted octanol–water partition coefficient (Wildman–Crippen LogP) is 4.01. The summed E-state index contributed by atoms with van der Waals surface area (Å²) in [7, 11) is -1.67. The molecular weight excluding hydrogens is 467 g/mol. The van der Waals surface area contributed by atoms with Crippen LogP contribution in [-0.2, 0) is 29.3 Å². The van der Waals surface area contributed by atoms with Gasteiger partial charge in [0, 0.05) is 19.6 Å². The van der Waals surface area contributed by atoms with E-state index in [1.165, 1.54) is 11.1 Å². The molecule has 0 saturated heterocycles. The Hall–Kier alpha value is -2.30. The number of methoxy groups -OCH3 is 1. The van der Waals surface area contributed by atoms with Crippen molar-refractivity contribution in [3.05, 3.63) is 58.7 Å². The lowest BCUT2D eigenvalue weighted by Crippen LogP contribution is -2.47. The highest BCUT2D eigenvalue weighted by Crippen LogP contribution is 2.37. The minimum absolute atomic E-state index is 0.165. The summed E-state index contributed by atoms with van der Waals surface area (Å²) in [5, 5.41) is 1.08. The summed E-state index contributed by atoms with van der Waals surface area (Å²) in [6.07, 6.45) is 4.48. The van der Waals surface area contributed by atoms with E-state index in [2.05, 4.69) is 18.0 Å². The maximum Gasteiger partial charge on any atom is 0.513 e. The van der Waals surface area contributed by atoms with Crippen LogP contribution >= 0.6 is 0 Å². The Morgan fingerprint density at radius 2 is 2.00 bits per heavy atom. The average molecular weight is 498 g/mol. The van der Waals surface area contributed by atoms with Crippen molar-refractivity contribution in [3.63, 3.8) is 0 Å². The topological polar surface area (TPSA) is 61.9 Å². The van der Waals surface area contributed by atoms with Crippen molar-refractivity contribution < 1.29 is 26.3 Å². The molecule has 0 amide bonds. The smallest absolute Gasteiger partial charge is 0.496 e. The van der Waals surface area contributed by atoms with Crippen molar-refractivity contribution in [2.24, 2.45) is 0 Å². The largest absolute Gasteiger partial charge is 0.513 e. The van der Waals surface area contributed by atoms with E-state index in [9.17, 15) is 21.6 Å². The normalized spacial score (nSPS) is 18.2. The van der Waals surface area contributed by atoms with E-state index in [1.807, 2.05) is 24.3 Å². The van der Waals surface area contributed by atoms with Crippen LogP contribution in [0.1, 0.15) is 41.0 Å². The van der Waals surface area contributed by atoms with Gasteiger partial charge < -0.3 is 9.64 Å². The fourth-order valence-corrected chi connectivity index (χ4v) is 5.54. The third kappa shape index (κ3) is 5.18. The molecule has 0 spiro atoms. The monoisotopic (exact) mass is 497 g/mol. The van der Waals surface area contributed by atoms with Crippen molar-refractivity contribution in [2.75, 3.05) is 38.8 Å². The number of fused-ring (bicyclic) bond motifs is 2. The van der Waals surface area contributed by atoms with Crippen molar-refractivity contribution >= 4 is 15.7 Å². The molecule has 4 rings (SSSR count). The second-order valence-electron chi connectivity index (χ2n) is 9.03. The van der Waals surface area contributed by atoms with Gasteiger partial charge in [0.25, 0.3) is 0 Å². The Labute approximate surface area is 198 Å². The molecule has 6 nitrogen and oxygen atoms in total. The number of nitrogens with zero attached hydrogens (tertiary/aromatic N) is 2. The molecular formula is C24H30F3N3O3S. The molecule has 2 aromatic rings. The number of anilines is 1. The van der Waals surface area contributed by atoms with E-state index in [0.717, 1.165) is 54.2 Å². The van der Waals surface area contributed by atoms with Crippen LogP contribution in [-0.4, -0.2) is 52.6 Å². The number of hydrogen-bond acceptors (Lipinski definition) is 5. The first kappa shape index (κ1) is 24.8. The van der Waals surface area contributed by atoms with E-state index in [0.29, 0.717) is 24.4 Å². The second-order valence-corrected chi connectivity index (χ2v) is 10.7. The lowest BCUT2D eigenvalue weighted by Gasteiger charge is -2.30. The summed E-state index contributed by atoms with van der Waals surface area (Å²) in [6, 6.07) is 11.9. The van der Waals surface area contributed by atoms with Gasteiger partial charge in [-0.2, -0.15) is 13.2 Å². The third-order valence-electron chi connectivity index (χ3n) is 6.70. The van der Waals surface area contributed by atoms with Crippen LogP contribution < -0.4 is 14.6 Å². The van der Waals surface area contributed by atoms with Gasteiger partial charge in [-0.3, -0.25) is 5.01 Å². The Kier molecular flexibility index (Phi) is 7.12. The highest BCUT2D eigenvalue weighted by molar-refractivity contribution is 7.90. The van der Waals surface area contributed by atoms with Crippen LogP contribution in [0.4, 0.5) is 18.9 Å². The number of benzene rings is 2. The molecule has 1 heterocycles. The number of likely N-dealkylation sites (N-methyl/N-ethyl adjacent to an activating group) is 1. The first-order valence-electron chi connectivity index (χ1n) is 11.4. The van der Waals surface area contributed by atoms with Crippen molar-refractivity contribution in [3.8, 4) is 5.75 Å². The molecule has 186 valence electrons. The number of hydrogen-bond donors (Lipinski definition) is 1. The lowest BCUT2D eigenvalue weighted by atomic mass is 9.82. The number of sulfonamides is 1. The summed E-state index contributed by atoms with van der Waals surface area (Å²) in [5.41, 5.74) is -0.430. The van der Waals surface area contributed by atoms with E-state index >= 15 is 0 Å². The van der Waals surface area contributed by atoms with Gasteiger partial charge in [0.1, 0.15) is 5.75 Å². The highest BCUT2D eigenvalue weighted by Gasteiger charge is 2.47. The average Bonchev–Trinajstić information content (AvgIpc) is 3.18. The second kappa shape index (κ2) is 9.75. The van der Waals surface area contributed by atoms with E-state index in [1.54, 1.807) is 18.0 Å². The van der Waals surface area contributed by atoms with Gasteiger partial charge in [-0.15, -0.1) is 4.83 Å². The van der Waals surface area contributed by atoms with Crippen LogP contribution in [0.3, 0.4) is 0 Å². The van der Waals surface area contributed by atoms with Gasteiger partial charge in [0.05, 0.1) is 12.8 Å². The van der Waals surface area contributed by atoms with E-state index < -0.39 is 15.5 Å².